The van der Waals surface area contributed by atoms with Crippen LogP contribution in [-0.4, -0.2) is 18.7 Å². The molecule has 12 heavy (non-hydrogen) atoms. The molecule has 0 saturated carbocycles. The molecule has 0 radical (unpaired) electrons. The third-order valence-electron chi connectivity index (χ3n) is 0.765. The number of hydrogen-bond acceptors (Lipinski definition) is 4. The monoisotopic (exact) mass is 191 g/mol. The Morgan fingerprint density at radius 2 is 2.17 bits per heavy atom. The zero-order chi connectivity index (χ0) is 9.56. The summed E-state index contributed by atoms with van der Waals surface area (Å²) in [6.45, 7) is 5.12. The van der Waals surface area contributed by atoms with Crippen LogP contribution >= 0.6 is 9.24 Å². The molecule has 1 amide bonds. The van der Waals surface area contributed by atoms with Crippen LogP contribution in [0.15, 0.2) is 11.9 Å². The predicted octanol–water partition coefficient (Wildman–Crippen LogP) is 0.579. The van der Waals surface area contributed by atoms with Gasteiger partial charge in [0.05, 0.1) is 6.61 Å². The topological polar surface area (TPSA) is 64.6 Å². The van der Waals surface area contributed by atoms with Gasteiger partial charge in [-0.1, -0.05) is 15.8 Å². The SMILES string of the molecule is C=C(P)C(=O)ONC(=O)OCC. The van der Waals surface area contributed by atoms with Gasteiger partial charge in [-0.15, -0.1) is 5.48 Å². The first kappa shape index (κ1) is 10.9. The van der Waals surface area contributed by atoms with Gasteiger partial charge in [0, 0.05) is 5.31 Å². The van der Waals surface area contributed by atoms with Gasteiger partial charge in [0.1, 0.15) is 0 Å². The number of hydrogen-bond donors (Lipinski definition) is 1. The lowest BCUT2D eigenvalue weighted by Crippen LogP contribution is -2.27. The van der Waals surface area contributed by atoms with E-state index in [2.05, 4.69) is 16.2 Å². The lowest BCUT2D eigenvalue weighted by Gasteiger charge is -2.03. The molecule has 5 nitrogen and oxygen atoms in total. The van der Waals surface area contributed by atoms with Crippen molar-refractivity contribution in [3.05, 3.63) is 11.9 Å². The van der Waals surface area contributed by atoms with Crippen molar-refractivity contribution >= 4 is 21.3 Å². The molecule has 0 rings (SSSR count). The fourth-order valence-corrected chi connectivity index (χ4v) is 0.373. The second-order valence-corrected chi connectivity index (χ2v) is 2.43. The molecule has 0 aromatic heterocycles. The summed E-state index contributed by atoms with van der Waals surface area (Å²) in [6.07, 6.45) is -0.808. The molecule has 0 aromatic carbocycles. The van der Waals surface area contributed by atoms with Gasteiger partial charge >= 0.3 is 12.1 Å². The normalized spacial score (nSPS) is 8.50. The summed E-state index contributed by atoms with van der Waals surface area (Å²) in [6, 6.07) is 0. The Kier molecular flexibility index (Phi) is 5.04. The van der Waals surface area contributed by atoms with Gasteiger partial charge in [0.25, 0.3) is 0 Å². The van der Waals surface area contributed by atoms with Crippen molar-refractivity contribution in [2.45, 2.75) is 6.92 Å². The van der Waals surface area contributed by atoms with Crippen molar-refractivity contribution in [3.8, 4) is 0 Å². The van der Waals surface area contributed by atoms with Gasteiger partial charge in [-0.3, -0.25) is 0 Å². The predicted molar refractivity (Wildman–Crippen MR) is 45.1 cm³/mol. The van der Waals surface area contributed by atoms with Crippen LogP contribution < -0.4 is 5.48 Å². The molecule has 1 N–H and O–H groups in total. The van der Waals surface area contributed by atoms with Crippen LogP contribution in [0.3, 0.4) is 0 Å². The Morgan fingerprint density at radius 1 is 1.58 bits per heavy atom. The maximum absolute atomic E-state index is 10.6. The first-order chi connectivity index (χ1) is 5.57. The second-order valence-electron chi connectivity index (χ2n) is 1.74. The molecule has 0 aromatic rings. The lowest BCUT2D eigenvalue weighted by molar-refractivity contribution is -0.144. The molecule has 6 heteroatoms. The molecule has 0 saturated heterocycles. The number of rotatable bonds is 2. The minimum Gasteiger partial charge on any atom is -0.448 e. The third-order valence-corrected chi connectivity index (χ3v) is 1.00. The number of amides is 1. The minimum atomic E-state index is -0.808. The van der Waals surface area contributed by atoms with E-state index in [1.807, 2.05) is 9.24 Å². The highest BCUT2D eigenvalue weighted by Gasteiger charge is 2.06. The molecule has 1 unspecified atom stereocenters. The average molecular weight is 191 g/mol. The Hall–Kier alpha value is -1.09. The average Bonchev–Trinajstić information content (AvgIpc) is 2.00. The highest BCUT2D eigenvalue weighted by atomic mass is 31.0. The van der Waals surface area contributed by atoms with E-state index < -0.39 is 12.1 Å². The van der Waals surface area contributed by atoms with Crippen LogP contribution in [0.25, 0.3) is 0 Å². The van der Waals surface area contributed by atoms with E-state index in [4.69, 9.17) is 0 Å². The van der Waals surface area contributed by atoms with E-state index in [-0.39, 0.29) is 11.9 Å². The molecule has 1 atom stereocenters. The Labute approximate surface area is 72.3 Å². The summed E-state index contributed by atoms with van der Waals surface area (Å²) in [5, 5.41) is 0.117. The van der Waals surface area contributed by atoms with Crippen molar-refractivity contribution in [3.63, 3.8) is 0 Å². The summed E-state index contributed by atoms with van der Waals surface area (Å²) < 4.78 is 4.41. The molecule has 0 aliphatic rings. The van der Waals surface area contributed by atoms with Crippen LogP contribution in [0.1, 0.15) is 6.92 Å². The third kappa shape index (κ3) is 4.68. The van der Waals surface area contributed by atoms with E-state index in [0.29, 0.717) is 0 Å². The molecular weight excluding hydrogens is 181 g/mol. The van der Waals surface area contributed by atoms with Crippen LogP contribution in [0, 0.1) is 0 Å². The number of carbonyl (C=O) groups is 2. The summed E-state index contributed by atoms with van der Waals surface area (Å²) >= 11 is 0. The van der Waals surface area contributed by atoms with Crippen LogP contribution in [-0.2, 0) is 14.4 Å². The van der Waals surface area contributed by atoms with Gasteiger partial charge in [0.15, 0.2) is 0 Å². The molecule has 0 aliphatic carbocycles. The van der Waals surface area contributed by atoms with Crippen molar-refractivity contribution in [2.75, 3.05) is 6.61 Å². The van der Waals surface area contributed by atoms with Crippen LogP contribution in [0.4, 0.5) is 4.79 Å². The summed E-state index contributed by atoms with van der Waals surface area (Å²) in [4.78, 5) is 25.4. The molecule has 0 heterocycles. The standard InChI is InChI=1S/C6H10NO4P/c1-3-10-6(9)7-11-5(8)4(2)12/h2-3,12H2,1H3,(H,7,9). The molecule has 0 fully saturated rings. The van der Waals surface area contributed by atoms with Gasteiger partial charge < -0.3 is 9.57 Å². The van der Waals surface area contributed by atoms with Crippen molar-refractivity contribution in [1.29, 1.82) is 0 Å². The van der Waals surface area contributed by atoms with Crippen LogP contribution in [0.2, 0.25) is 0 Å². The molecule has 0 aliphatic heterocycles. The van der Waals surface area contributed by atoms with Gasteiger partial charge in [-0.25, -0.2) is 9.59 Å². The number of ether oxygens (including phenoxy) is 1. The molecule has 68 valence electrons. The highest BCUT2D eigenvalue weighted by molar-refractivity contribution is 7.24. The van der Waals surface area contributed by atoms with Gasteiger partial charge in [-0.2, -0.15) is 0 Å². The smallest absolute Gasteiger partial charge is 0.440 e. The molecule has 0 bridgehead atoms. The first-order valence-electron chi connectivity index (χ1n) is 3.16. The zero-order valence-corrected chi connectivity index (χ0v) is 7.78. The molecular formula is C6H10NO4P. The number of carbonyl (C=O) groups excluding carboxylic acids is 2. The minimum absolute atomic E-state index is 0.117. The fraction of sp³-hybridized carbons (Fsp3) is 0.333. The van der Waals surface area contributed by atoms with Gasteiger partial charge in [-0.05, 0) is 6.92 Å². The lowest BCUT2D eigenvalue weighted by atomic mass is 10.7. The van der Waals surface area contributed by atoms with E-state index in [1.165, 1.54) is 0 Å². The maximum Gasteiger partial charge on any atom is 0.440 e. The first-order valence-corrected chi connectivity index (χ1v) is 3.74. The van der Waals surface area contributed by atoms with Crippen molar-refractivity contribution < 1.29 is 19.2 Å². The Bertz CT molecular complexity index is 204. The van der Waals surface area contributed by atoms with Crippen LogP contribution in [0.5, 0.6) is 0 Å². The largest absolute Gasteiger partial charge is 0.448 e. The zero-order valence-electron chi connectivity index (χ0n) is 6.62. The van der Waals surface area contributed by atoms with Crippen molar-refractivity contribution in [2.24, 2.45) is 0 Å². The molecule has 0 spiro atoms. The van der Waals surface area contributed by atoms with Gasteiger partial charge in [0.2, 0.25) is 0 Å². The number of nitrogens with one attached hydrogen (secondary N) is 1. The Morgan fingerprint density at radius 3 is 2.58 bits per heavy atom. The fourth-order valence-electron chi connectivity index (χ4n) is 0.314. The van der Waals surface area contributed by atoms with E-state index in [1.54, 1.807) is 12.4 Å². The van der Waals surface area contributed by atoms with E-state index in [9.17, 15) is 9.59 Å². The van der Waals surface area contributed by atoms with E-state index >= 15 is 0 Å². The Balaban J connectivity index is 3.61. The quantitative estimate of drug-likeness (QED) is 0.394. The number of hydroxylamine groups is 1. The van der Waals surface area contributed by atoms with Crippen molar-refractivity contribution in [1.82, 2.24) is 5.48 Å². The van der Waals surface area contributed by atoms with E-state index in [0.717, 1.165) is 0 Å². The summed E-state index contributed by atoms with van der Waals surface area (Å²) in [5.74, 6) is -0.729. The maximum atomic E-state index is 10.6. The summed E-state index contributed by atoms with van der Waals surface area (Å²) in [7, 11) is 2.05. The second kappa shape index (κ2) is 5.55. The highest BCUT2D eigenvalue weighted by Crippen LogP contribution is 2.01. The summed E-state index contributed by atoms with van der Waals surface area (Å²) in [5.41, 5.74) is 1.78.